The van der Waals surface area contributed by atoms with Crippen LogP contribution >= 0.6 is 23.2 Å². The van der Waals surface area contributed by atoms with Gasteiger partial charge in [0, 0.05) is 15.6 Å². The number of aliphatic hydroxyl groups is 1. The summed E-state index contributed by atoms with van der Waals surface area (Å²) in [6.07, 6.45) is -6.07. The number of halogens is 5. The molecule has 0 aliphatic heterocycles. The van der Waals surface area contributed by atoms with Crippen molar-refractivity contribution in [3.05, 3.63) is 33.3 Å². The first kappa shape index (κ1) is 18.1. The number of carbonyl (C=O) groups excluding carboxylic acids is 1. The highest BCUT2D eigenvalue weighted by Crippen LogP contribution is 2.40. The maximum atomic E-state index is 12.6. The van der Waals surface area contributed by atoms with Crippen molar-refractivity contribution in [1.29, 1.82) is 0 Å². The number of rotatable bonds is 4. The standard InChI is InChI=1S/C13H13Cl2F3O3/c1-3-21-12(20)6(2)11(19)10-8(14)4-7(5-9(10)15)13(16,17)18/h4-6,11,19H,3H2,1-2H3. The van der Waals surface area contributed by atoms with Crippen LogP contribution in [0.1, 0.15) is 31.1 Å². The normalized spacial score (nSPS) is 14.7. The van der Waals surface area contributed by atoms with Gasteiger partial charge in [0.1, 0.15) is 0 Å². The number of esters is 1. The van der Waals surface area contributed by atoms with Crippen molar-refractivity contribution in [2.24, 2.45) is 5.92 Å². The first-order valence-electron chi connectivity index (χ1n) is 6.00. The zero-order chi connectivity index (χ0) is 16.4. The van der Waals surface area contributed by atoms with Gasteiger partial charge in [-0.05, 0) is 26.0 Å². The van der Waals surface area contributed by atoms with Crippen LogP contribution in [0.15, 0.2) is 12.1 Å². The largest absolute Gasteiger partial charge is 0.466 e. The lowest BCUT2D eigenvalue weighted by atomic mass is 9.96. The molecule has 0 aromatic heterocycles. The summed E-state index contributed by atoms with van der Waals surface area (Å²) in [5.74, 6) is -1.71. The highest BCUT2D eigenvalue weighted by Gasteiger charge is 2.34. The van der Waals surface area contributed by atoms with Gasteiger partial charge < -0.3 is 9.84 Å². The molecule has 2 atom stereocenters. The molecule has 0 heterocycles. The molecule has 1 aromatic carbocycles. The molecule has 0 saturated carbocycles. The molecule has 118 valence electrons. The molecule has 0 radical (unpaired) electrons. The Morgan fingerprint density at radius 3 is 2.19 bits per heavy atom. The topological polar surface area (TPSA) is 46.5 Å². The lowest BCUT2D eigenvalue weighted by Crippen LogP contribution is -2.22. The van der Waals surface area contributed by atoms with Crippen LogP contribution in [0.4, 0.5) is 13.2 Å². The summed E-state index contributed by atoms with van der Waals surface area (Å²) in [6.45, 7) is 3.08. The fraction of sp³-hybridized carbons (Fsp3) is 0.462. The predicted octanol–water partition coefficient (Wildman–Crippen LogP) is 4.24. The van der Waals surface area contributed by atoms with E-state index in [9.17, 15) is 23.1 Å². The lowest BCUT2D eigenvalue weighted by molar-refractivity contribution is -0.151. The molecule has 2 unspecified atom stereocenters. The van der Waals surface area contributed by atoms with E-state index in [-0.39, 0.29) is 22.2 Å². The molecule has 1 rings (SSSR count). The lowest BCUT2D eigenvalue weighted by Gasteiger charge is -2.21. The van der Waals surface area contributed by atoms with Crippen molar-refractivity contribution >= 4 is 29.2 Å². The Labute approximate surface area is 129 Å². The van der Waals surface area contributed by atoms with E-state index < -0.39 is 29.7 Å². The minimum Gasteiger partial charge on any atom is -0.466 e. The van der Waals surface area contributed by atoms with Crippen LogP contribution in [0.3, 0.4) is 0 Å². The molecule has 0 fully saturated rings. The molecule has 0 aliphatic rings. The van der Waals surface area contributed by atoms with E-state index in [1.807, 2.05) is 0 Å². The van der Waals surface area contributed by atoms with E-state index in [0.29, 0.717) is 12.1 Å². The molecule has 3 nitrogen and oxygen atoms in total. The second-order valence-electron chi connectivity index (χ2n) is 4.34. The van der Waals surface area contributed by atoms with Crippen molar-refractivity contribution in [3.63, 3.8) is 0 Å². The van der Waals surface area contributed by atoms with Gasteiger partial charge in [0.15, 0.2) is 0 Å². The van der Waals surface area contributed by atoms with E-state index in [2.05, 4.69) is 0 Å². The van der Waals surface area contributed by atoms with E-state index in [1.54, 1.807) is 6.92 Å². The van der Waals surface area contributed by atoms with Crippen molar-refractivity contribution in [2.75, 3.05) is 6.61 Å². The van der Waals surface area contributed by atoms with Crippen molar-refractivity contribution < 1.29 is 27.8 Å². The predicted molar refractivity (Wildman–Crippen MR) is 72.2 cm³/mol. The van der Waals surface area contributed by atoms with Gasteiger partial charge in [-0.1, -0.05) is 23.2 Å². The van der Waals surface area contributed by atoms with Crippen molar-refractivity contribution in [2.45, 2.75) is 26.1 Å². The third-order valence-electron chi connectivity index (χ3n) is 2.83. The fourth-order valence-electron chi connectivity index (χ4n) is 1.68. The van der Waals surface area contributed by atoms with Crippen LogP contribution in [-0.2, 0) is 15.7 Å². The molecule has 8 heteroatoms. The zero-order valence-electron chi connectivity index (χ0n) is 11.2. The van der Waals surface area contributed by atoms with E-state index >= 15 is 0 Å². The first-order chi connectivity index (χ1) is 9.59. The Morgan fingerprint density at radius 1 is 1.33 bits per heavy atom. The minimum absolute atomic E-state index is 0.115. The third kappa shape index (κ3) is 4.25. The van der Waals surface area contributed by atoms with Gasteiger partial charge in [-0.25, -0.2) is 0 Å². The van der Waals surface area contributed by atoms with Gasteiger partial charge in [-0.15, -0.1) is 0 Å². The molecule has 0 amide bonds. The molecule has 0 spiro atoms. The second-order valence-corrected chi connectivity index (χ2v) is 5.15. The van der Waals surface area contributed by atoms with Crippen molar-refractivity contribution in [1.82, 2.24) is 0 Å². The second kappa shape index (κ2) is 6.85. The van der Waals surface area contributed by atoms with Crippen LogP contribution in [0.2, 0.25) is 10.0 Å². The summed E-state index contributed by atoms with van der Waals surface area (Å²) < 4.78 is 42.6. The van der Waals surface area contributed by atoms with Gasteiger partial charge in [0.2, 0.25) is 0 Å². The zero-order valence-corrected chi connectivity index (χ0v) is 12.7. The monoisotopic (exact) mass is 344 g/mol. The van der Waals surface area contributed by atoms with Gasteiger partial charge in [0.05, 0.1) is 24.2 Å². The third-order valence-corrected chi connectivity index (χ3v) is 3.46. The van der Waals surface area contributed by atoms with Crippen molar-refractivity contribution in [3.8, 4) is 0 Å². The molecule has 0 aliphatic carbocycles. The van der Waals surface area contributed by atoms with Crippen LogP contribution in [-0.4, -0.2) is 17.7 Å². The summed E-state index contributed by atoms with van der Waals surface area (Å²) in [5.41, 5.74) is -1.16. The van der Waals surface area contributed by atoms with Gasteiger partial charge in [0.25, 0.3) is 0 Å². The first-order valence-corrected chi connectivity index (χ1v) is 6.76. The summed E-state index contributed by atoms with van der Waals surface area (Å²) in [5, 5.41) is 9.37. The Kier molecular flexibility index (Phi) is 5.90. The maximum absolute atomic E-state index is 12.6. The van der Waals surface area contributed by atoms with E-state index in [4.69, 9.17) is 27.9 Å². The smallest absolute Gasteiger partial charge is 0.416 e. The van der Waals surface area contributed by atoms with Crippen LogP contribution in [0, 0.1) is 5.92 Å². The number of hydrogen-bond donors (Lipinski definition) is 1. The Morgan fingerprint density at radius 2 is 1.81 bits per heavy atom. The molecule has 1 N–H and O–H groups in total. The van der Waals surface area contributed by atoms with E-state index in [0.717, 1.165) is 0 Å². The molecule has 21 heavy (non-hydrogen) atoms. The van der Waals surface area contributed by atoms with E-state index in [1.165, 1.54) is 6.92 Å². The summed E-state index contributed by atoms with van der Waals surface area (Å²) in [7, 11) is 0. The quantitative estimate of drug-likeness (QED) is 0.830. The number of hydrogen-bond acceptors (Lipinski definition) is 3. The highest BCUT2D eigenvalue weighted by atomic mass is 35.5. The molecule has 0 bridgehead atoms. The van der Waals surface area contributed by atoms with Crippen LogP contribution in [0.5, 0.6) is 0 Å². The number of ether oxygens (including phenoxy) is 1. The average Bonchev–Trinajstić information content (AvgIpc) is 2.35. The Balaban J connectivity index is 3.17. The molecule has 0 saturated heterocycles. The highest BCUT2D eigenvalue weighted by molar-refractivity contribution is 6.36. The Hall–Kier alpha value is -0.980. The number of carbonyl (C=O) groups is 1. The molecule has 1 aromatic rings. The minimum atomic E-state index is -4.61. The summed E-state index contributed by atoms with van der Waals surface area (Å²) >= 11 is 11.5. The fourth-order valence-corrected chi connectivity index (χ4v) is 2.39. The maximum Gasteiger partial charge on any atom is 0.416 e. The average molecular weight is 345 g/mol. The number of alkyl halides is 3. The SMILES string of the molecule is CCOC(=O)C(C)C(O)c1c(Cl)cc(C(F)(F)F)cc1Cl. The Bertz CT molecular complexity index is 509. The van der Waals surface area contributed by atoms with Crippen LogP contribution < -0.4 is 0 Å². The van der Waals surface area contributed by atoms with Crippen LogP contribution in [0.25, 0.3) is 0 Å². The summed E-state index contributed by atoms with van der Waals surface area (Å²) in [6, 6.07) is 1.31. The number of benzene rings is 1. The van der Waals surface area contributed by atoms with Gasteiger partial charge in [-0.3, -0.25) is 4.79 Å². The van der Waals surface area contributed by atoms with Gasteiger partial charge >= 0.3 is 12.1 Å². The number of aliphatic hydroxyl groups excluding tert-OH is 1. The molecular formula is C13H13Cl2F3O3. The molecular weight excluding hydrogens is 332 g/mol. The summed E-state index contributed by atoms with van der Waals surface area (Å²) in [4.78, 5) is 11.6. The van der Waals surface area contributed by atoms with Gasteiger partial charge in [-0.2, -0.15) is 13.2 Å².